The van der Waals surface area contributed by atoms with Crippen molar-refractivity contribution in [1.82, 2.24) is 0 Å². The largest absolute Gasteiger partial charge is 0.398 e. The third-order valence-electron chi connectivity index (χ3n) is 2.12. The van der Waals surface area contributed by atoms with E-state index in [4.69, 9.17) is 5.73 Å². The van der Waals surface area contributed by atoms with Crippen LogP contribution in [0.3, 0.4) is 0 Å². The maximum absolute atomic E-state index is 5.82. The summed E-state index contributed by atoms with van der Waals surface area (Å²) in [5, 5.41) is 0. The summed E-state index contributed by atoms with van der Waals surface area (Å²) in [6.45, 7) is 6.56. The maximum Gasteiger partial charge on any atom is 0.0461 e. The lowest BCUT2D eigenvalue weighted by atomic mass is 9.98. The van der Waals surface area contributed by atoms with Gasteiger partial charge in [-0.3, -0.25) is 0 Å². The van der Waals surface area contributed by atoms with E-state index in [0.29, 0.717) is 5.92 Å². The fraction of sp³-hybridized carbons (Fsp3) is 0.455. The third kappa shape index (κ3) is 2.47. The normalized spacial score (nSPS) is 10.8. The highest BCUT2D eigenvalue weighted by atomic mass is 79.9. The second-order valence-corrected chi connectivity index (χ2v) is 4.66. The number of hydrogen-bond acceptors (Lipinski definition) is 1. The second-order valence-electron chi connectivity index (χ2n) is 3.86. The molecule has 0 saturated carbocycles. The van der Waals surface area contributed by atoms with E-state index in [9.17, 15) is 0 Å². The number of anilines is 1. The Hall–Kier alpha value is -0.500. The van der Waals surface area contributed by atoms with Gasteiger partial charge in [0.15, 0.2) is 0 Å². The van der Waals surface area contributed by atoms with Crippen LogP contribution in [0.2, 0.25) is 0 Å². The molecule has 0 aliphatic carbocycles. The van der Waals surface area contributed by atoms with Crippen LogP contribution in [-0.4, -0.2) is 0 Å². The Morgan fingerprint density at radius 1 is 1.38 bits per heavy atom. The van der Waals surface area contributed by atoms with Gasteiger partial charge in [-0.15, -0.1) is 0 Å². The minimum atomic E-state index is 0.664. The molecule has 1 aromatic rings. The zero-order valence-corrected chi connectivity index (χ0v) is 9.98. The molecule has 0 saturated heterocycles. The average molecular weight is 242 g/mol. The Labute approximate surface area is 88.5 Å². The lowest BCUT2D eigenvalue weighted by Crippen LogP contribution is -2.00. The highest BCUT2D eigenvalue weighted by Crippen LogP contribution is 2.28. The summed E-state index contributed by atoms with van der Waals surface area (Å²) in [5.41, 5.74) is 9.31. The summed E-state index contributed by atoms with van der Waals surface area (Å²) in [4.78, 5) is 0. The van der Waals surface area contributed by atoms with Crippen molar-refractivity contribution in [1.29, 1.82) is 0 Å². The van der Waals surface area contributed by atoms with Gasteiger partial charge in [0.05, 0.1) is 0 Å². The number of halogens is 1. The summed E-state index contributed by atoms with van der Waals surface area (Å²) < 4.78 is 1.07. The van der Waals surface area contributed by atoms with E-state index in [1.807, 2.05) is 6.07 Å². The number of benzene rings is 1. The fourth-order valence-corrected chi connectivity index (χ4v) is 2.00. The summed E-state index contributed by atoms with van der Waals surface area (Å²) in [6, 6.07) is 4.03. The van der Waals surface area contributed by atoms with Crippen LogP contribution >= 0.6 is 15.9 Å². The van der Waals surface area contributed by atoms with E-state index < -0.39 is 0 Å². The molecule has 0 atom stereocenters. The van der Waals surface area contributed by atoms with Crippen LogP contribution in [0.15, 0.2) is 16.6 Å². The van der Waals surface area contributed by atoms with Crippen LogP contribution in [0.5, 0.6) is 0 Å². The van der Waals surface area contributed by atoms with Gasteiger partial charge < -0.3 is 5.73 Å². The molecule has 0 aliphatic rings. The Kier molecular flexibility index (Phi) is 3.37. The number of nitrogens with two attached hydrogens (primary N) is 1. The number of aryl methyl sites for hydroxylation is 1. The highest BCUT2D eigenvalue weighted by molar-refractivity contribution is 9.10. The molecule has 1 nitrogen and oxygen atoms in total. The molecular formula is C11H16BrN. The smallest absolute Gasteiger partial charge is 0.0461 e. The van der Waals surface area contributed by atoms with E-state index >= 15 is 0 Å². The van der Waals surface area contributed by atoms with E-state index in [2.05, 4.69) is 42.8 Å². The molecule has 1 aromatic carbocycles. The predicted molar refractivity (Wildman–Crippen MR) is 61.8 cm³/mol. The van der Waals surface area contributed by atoms with Crippen LogP contribution in [0.4, 0.5) is 5.69 Å². The maximum atomic E-state index is 5.82. The molecule has 0 amide bonds. The van der Waals surface area contributed by atoms with Crippen molar-refractivity contribution >= 4 is 21.6 Å². The first kappa shape index (κ1) is 10.6. The van der Waals surface area contributed by atoms with Gasteiger partial charge in [-0.25, -0.2) is 0 Å². The Balaban J connectivity index is 3.10. The van der Waals surface area contributed by atoms with E-state index in [0.717, 1.165) is 16.6 Å². The summed E-state index contributed by atoms with van der Waals surface area (Å²) >= 11 is 3.53. The van der Waals surface area contributed by atoms with E-state index in [1.54, 1.807) is 0 Å². The van der Waals surface area contributed by atoms with Crippen molar-refractivity contribution in [2.75, 3.05) is 5.73 Å². The zero-order chi connectivity index (χ0) is 10.0. The predicted octanol–water partition coefficient (Wildman–Crippen LogP) is 3.54. The first-order valence-electron chi connectivity index (χ1n) is 4.55. The van der Waals surface area contributed by atoms with Gasteiger partial charge in [-0.1, -0.05) is 19.9 Å². The van der Waals surface area contributed by atoms with Crippen molar-refractivity contribution in [2.45, 2.75) is 27.2 Å². The summed E-state index contributed by atoms with van der Waals surface area (Å²) in [5.74, 6) is 0.664. The standard InChI is InChI=1S/C11H16BrN/c1-7(2)6-9-8(3)4-5-10(13)11(9)12/h4-5,7H,6,13H2,1-3H3. The van der Waals surface area contributed by atoms with Crippen LogP contribution in [0, 0.1) is 12.8 Å². The molecule has 0 unspecified atom stereocenters. The molecule has 0 bridgehead atoms. The molecule has 2 N–H and O–H groups in total. The van der Waals surface area contributed by atoms with Gasteiger partial charge in [0.2, 0.25) is 0 Å². The van der Waals surface area contributed by atoms with Crippen LogP contribution in [-0.2, 0) is 6.42 Å². The van der Waals surface area contributed by atoms with Crippen molar-refractivity contribution < 1.29 is 0 Å². The van der Waals surface area contributed by atoms with Crippen molar-refractivity contribution in [3.05, 3.63) is 27.7 Å². The van der Waals surface area contributed by atoms with E-state index in [1.165, 1.54) is 11.1 Å². The Morgan fingerprint density at radius 3 is 2.54 bits per heavy atom. The lowest BCUT2D eigenvalue weighted by Gasteiger charge is -2.12. The van der Waals surface area contributed by atoms with Gasteiger partial charge in [0.1, 0.15) is 0 Å². The van der Waals surface area contributed by atoms with Gasteiger partial charge in [0, 0.05) is 10.2 Å². The molecule has 0 fully saturated rings. The molecule has 13 heavy (non-hydrogen) atoms. The SMILES string of the molecule is Cc1ccc(N)c(Br)c1CC(C)C. The molecule has 1 rings (SSSR count). The second kappa shape index (κ2) is 4.14. The Bertz CT molecular complexity index is 305. The third-order valence-corrected chi connectivity index (χ3v) is 3.06. The molecule has 72 valence electrons. The Morgan fingerprint density at radius 2 is 2.00 bits per heavy atom. The number of rotatable bonds is 2. The molecule has 0 aromatic heterocycles. The zero-order valence-electron chi connectivity index (χ0n) is 8.39. The van der Waals surface area contributed by atoms with Crippen molar-refractivity contribution in [3.8, 4) is 0 Å². The lowest BCUT2D eigenvalue weighted by molar-refractivity contribution is 0.643. The van der Waals surface area contributed by atoms with Gasteiger partial charge in [-0.2, -0.15) is 0 Å². The highest BCUT2D eigenvalue weighted by Gasteiger charge is 2.08. The first-order chi connectivity index (χ1) is 6.02. The van der Waals surface area contributed by atoms with Crippen LogP contribution in [0.1, 0.15) is 25.0 Å². The van der Waals surface area contributed by atoms with Gasteiger partial charge in [0.25, 0.3) is 0 Å². The monoisotopic (exact) mass is 241 g/mol. The first-order valence-corrected chi connectivity index (χ1v) is 5.35. The number of nitrogen functional groups attached to an aromatic ring is 1. The fourth-order valence-electron chi connectivity index (χ4n) is 1.39. The molecule has 0 heterocycles. The summed E-state index contributed by atoms with van der Waals surface area (Å²) in [7, 11) is 0. The minimum Gasteiger partial charge on any atom is -0.398 e. The van der Waals surface area contributed by atoms with Gasteiger partial charge in [-0.05, 0) is 52.4 Å². The molecule has 2 heteroatoms. The average Bonchev–Trinajstić information content (AvgIpc) is 2.05. The quantitative estimate of drug-likeness (QED) is 0.788. The summed E-state index contributed by atoms with van der Waals surface area (Å²) in [6.07, 6.45) is 1.08. The molecule has 0 spiro atoms. The van der Waals surface area contributed by atoms with E-state index in [-0.39, 0.29) is 0 Å². The van der Waals surface area contributed by atoms with Crippen LogP contribution in [0.25, 0.3) is 0 Å². The van der Waals surface area contributed by atoms with Crippen molar-refractivity contribution in [2.24, 2.45) is 5.92 Å². The van der Waals surface area contributed by atoms with Gasteiger partial charge >= 0.3 is 0 Å². The van der Waals surface area contributed by atoms with Crippen molar-refractivity contribution in [3.63, 3.8) is 0 Å². The molecular weight excluding hydrogens is 226 g/mol. The molecule has 0 aliphatic heterocycles. The molecule has 0 radical (unpaired) electrons. The van der Waals surface area contributed by atoms with Crippen LogP contribution < -0.4 is 5.73 Å². The number of hydrogen-bond donors (Lipinski definition) is 1. The topological polar surface area (TPSA) is 26.0 Å². The minimum absolute atomic E-state index is 0.664.